The molecule has 0 bridgehead atoms. The Balaban J connectivity index is 3.23. The predicted molar refractivity (Wildman–Crippen MR) is 69.8 cm³/mol. The molecule has 0 fully saturated rings. The molecule has 1 N–H and O–H groups in total. The molecule has 0 spiro atoms. The molecule has 1 rings (SSSR count). The average molecular weight is 302 g/mol. The van der Waals surface area contributed by atoms with Crippen LogP contribution in [0.2, 0.25) is 0 Å². The lowest BCUT2D eigenvalue weighted by molar-refractivity contribution is -0.387. The molecule has 20 heavy (non-hydrogen) atoms. The van der Waals surface area contributed by atoms with Crippen LogP contribution in [-0.2, 0) is 14.8 Å². The maximum absolute atomic E-state index is 12.3. The summed E-state index contributed by atoms with van der Waals surface area (Å²) in [5.41, 5.74) is -0.540. The normalized spacial score (nSPS) is 13.2. The second kappa shape index (κ2) is 5.97. The second-order valence-corrected chi connectivity index (χ2v) is 6.16. The van der Waals surface area contributed by atoms with E-state index in [4.69, 9.17) is 5.11 Å². The molecule has 0 saturated carbocycles. The van der Waals surface area contributed by atoms with Gasteiger partial charge in [0.2, 0.25) is 10.0 Å². The number of benzene rings is 1. The SMILES string of the molecule is CC(CC(=O)O)N(C)S(=O)(=O)c1ccccc1[N+](=O)[O-]. The van der Waals surface area contributed by atoms with Crippen LogP contribution in [0.4, 0.5) is 5.69 Å². The Kier molecular flexibility index (Phi) is 4.79. The van der Waals surface area contributed by atoms with E-state index >= 15 is 0 Å². The third-order valence-electron chi connectivity index (χ3n) is 2.81. The predicted octanol–water partition coefficient (Wildman–Crippen LogP) is 1.08. The first-order chi connectivity index (χ1) is 9.17. The van der Waals surface area contributed by atoms with Crippen LogP contribution < -0.4 is 0 Å². The summed E-state index contributed by atoms with van der Waals surface area (Å²) < 4.78 is 25.4. The van der Waals surface area contributed by atoms with Crippen LogP contribution in [0.3, 0.4) is 0 Å². The fourth-order valence-electron chi connectivity index (χ4n) is 1.60. The van der Waals surface area contributed by atoms with Gasteiger partial charge in [0, 0.05) is 19.2 Å². The van der Waals surface area contributed by atoms with Crippen LogP contribution in [0.15, 0.2) is 29.2 Å². The molecule has 0 amide bonds. The number of nitro groups is 1. The number of para-hydroxylation sites is 1. The summed E-state index contributed by atoms with van der Waals surface area (Å²) in [5.74, 6) is -1.15. The van der Waals surface area contributed by atoms with Crippen molar-refractivity contribution in [3.05, 3.63) is 34.4 Å². The highest BCUT2D eigenvalue weighted by Gasteiger charge is 2.32. The van der Waals surface area contributed by atoms with Crippen molar-refractivity contribution in [2.75, 3.05) is 7.05 Å². The number of hydrogen-bond donors (Lipinski definition) is 1. The number of sulfonamides is 1. The number of hydrogen-bond acceptors (Lipinski definition) is 5. The Labute approximate surface area is 115 Å². The number of carboxylic acid groups (broad SMARTS) is 1. The van der Waals surface area contributed by atoms with E-state index in [2.05, 4.69) is 0 Å². The maximum atomic E-state index is 12.3. The van der Waals surface area contributed by atoms with Crippen molar-refractivity contribution in [2.24, 2.45) is 0 Å². The summed E-state index contributed by atoms with van der Waals surface area (Å²) in [6, 6.07) is 4.12. The lowest BCUT2D eigenvalue weighted by Gasteiger charge is -2.22. The smallest absolute Gasteiger partial charge is 0.304 e. The van der Waals surface area contributed by atoms with Crippen molar-refractivity contribution < 1.29 is 23.2 Å². The third-order valence-corrected chi connectivity index (χ3v) is 4.83. The Morgan fingerprint density at radius 2 is 2.00 bits per heavy atom. The van der Waals surface area contributed by atoms with Crippen LogP contribution in [0.25, 0.3) is 0 Å². The van der Waals surface area contributed by atoms with Gasteiger partial charge in [-0.05, 0) is 13.0 Å². The van der Waals surface area contributed by atoms with Crippen molar-refractivity contribution in [2.45, 2.75) is 24.3 Å². The van der Waals surface area contributed by atoms with E-state index < -0.39 is 44.0 Å². The van der Waals surface area contributed by atoms with Crippen molar-refractivity contribution in [1.29, 1.82) is 0 Å². The molecule has 0 heterocycles. The van der Waals surface area contributed by atoms with E-state index in [1.54, 1.807) is 0 Å². The molecule has 8 nitrogen and oxygen atoms in total. The standard InChI is InChI=1S/C11H14N2O6S/c1-8(7-11(14)15)12(2)20(18,19)10-6-4-3-5-9(10)13(16)17/h3-6,8H,7H2,1-2H3,(H,14,15). The molecule has 0 saturated heterocycles. The second-order valence-electron chi connectivity index (χ2n) is 4.19. The summed E-state index contributed by atoms with van der Waals surface area (Å²) in [7, 11) is -2.94. The summed E-state index contributed by atoms with van der Waals surface area (Å²) >= 11 is 0. The molecular formula is C11H14N2O6S. The van der Waals surface area contributed by atoms with Gasteiger partial charge in [-0.25, -0.2) is 8.42 Å². The zero-order valence-electron chi connectivity index (χ0n) is 10.9. The molecule has 0 aliphatic heterocycles. The highest BCUT2D eigenvalue weighted by Crippen LogP contribution is 2.26. The zero-order chi connectivity index (χ0) is 15.5. The van der Waals surface area contributed by atoms with E-state index in [9.17, 15) is 23.3 Å². The Bertz CT molecular complexity index is 628. The maximum Gasteiger partial charge on any atom is 0.304 e. The molecular weight excluding hydrogens is 288 g/mol. The highest BCUT2D eigenvalue weighted by molar-refractivity contribution is 7.89. The summed E-state index contributed by atoms with van der Waals surface area (Å²) in [4.78, 5) is 20.2. The molecule has 0 aromatic heterocycles. The minimum absolute atomic E-state index is 0.392. The highest BCUT2D eigenvalue weighted by atomic mass is 32.2. The Morgan fingerprint density at radius 3 is 2.50 bits per heavy atom. The van der Waals surface area contributed by atoms with Gasteiger partial charge in [-0.15, -0.1) is 0 Å². The summed E-state index contributed by atoms with van der Waals surface area (Å²) in [6.45, 7) is 1.42. The molecule has 9 heteroatoms. The van der Waals surface area contributed by atoms with Crippen LogP contribution in [0.1, 0.15) is 13.3 Å². The topological polar surface area (TPSA) is 118 Å². The number of rotatable bonds is 6. The molecule has 1 atom stereocenters. The van der Waals surface area contributed by atoms with Crippen molar-refractivity contribution in [1.82, 2.24) is 4.31 Å². The zero-order valence-corrected chi connectivity index (χ0v) is 11.7. The fraction of sp³-hybridized carbons (Fsp3) is 0.364. The number of nitrogens with zero attached hydrogens (tertiary/aromatic N) is 2. The van der Waals surface area contributed by atoms with Crippen LogP contribution in [0, 0.1) is 10.1 Å². The summed E-state index contributed by atoms with van der Waals surface area (Å²) in [5, 5.41) is 19.5. The number of carboxylic acids is 1. The molecule has 0 aliphatic rings. The lowest BCUT2D eigenvalue weighted by Crippen LogP contribution is -2.36. The molecule has 1 aromatic carbocycles. The Hall–Kier alpha value is -2.00. The molecule has 1 aromatic rings. The summed E-state index contributed by atoms with van der Waals surface area (Å²) in [6.07, 6.45) is -0.392. The number of carbonyl (C=O) groups is 1. The van der Waals surface area contributed by atoms with Gasteiger partial charge < -0.3 is 5.11 Å². The number of aliphatic carboxylic acids is 1. The quantitative estimate of drug-likeness (QED) is 0.620. The van der Waals surface area contributed by atoms with E-state index in [-0.39, 0.29) is 0 Å². The van der Waals surface area contributed by atoms with E-state index in [0.717, 1.165) is 16.4 Å². The lowest BCUT2D eigenvalue weighted by atomic mass is 10.2. The van der Waals surface area contributed by atoms with E-state index in [0.29, 0.717) is 0 Å². The number of nitro benzene ring substituents is 1. The fourth-order valence-corrected chi connectivity index (χ4v) is 3.12. The van der Waals surface area contributed by atoms with Crippen molar-refractivity contribution in [3.8, 4) is 0 Å². The molecule has 0 aliphatic carbocycles. The average Bonchev–Trinajstić information content (AvgIpc) is 2.36. The Morgan fingerprint density at radius 1 is 1.45 bits per heavy atom. The monoisotopic (exact) mass is 302 g/mol. The van der Waals surface area contributed by atoms with Gasteiger partial charge >= 0.3 is 5.97 Å². The first-order valence-electron chi connectivity index (χ1n) is 5.61. The minimum Gasteiger partial charge on any atom is -0.481 e. The largest absolute Gasteiger partial charge is 0.481 e. The van der Waals surface area contributed by atoms with Gasteiger partial charge in [0.15, 0.2) is 4.90 Å². The van der Waals surface area contributed by atoms with Gasteiger partial charge in [0.1, 0.15) is 0 Å². The van der Waals surface area contributed by atoms with Crippen LogP contribution in [-0.4, -0.2) is 41.8 Å². The van der Waals surface area contributed by atoms with Gasteiger partial charge in [0.25, 0.3) is 5.69 Å². The van der Waals surface area contributed by atoms with Crippen molar-refractivity contribution in [3.63, 3.8) is 0 Å². The molecule has 110 valence electrons. The minimum atomic E-state index is -4.13. The third kappa shape index (κ3) is 3.31. The van der Waals surface area contributed by atoms with E-state index in [1.807, 2.05) is 0 Å². The van der Waals surface area contributed by atoms with Gasteiger partial charge in [-0.2, -0.15) is 4.31 Å². The van der Waals surface area contributed by atoms with Crippen molar-refractivity contribution >= 4 is 21.7 Å². The molecule has 0 radical (unpaired) electrons. The van der Waals surface area contributed by atoms with Crippen LogP contribution in [0.5, 0.6) is 0 Å². The van der Waals surface area contributed by atoms with Crippen LogP contribution >= 0.6 is 0 Å². The van der Waals surface area contributed by atoms with Gasteiger partial charge in [-0.1, -0.05) is 12.1 Å². The van der Waals surface area contributed by atoms with Gasteiger partial charge in [-0.3, -0.25) is 14.9 Å². The molecule has 1 unspecified atom stereocenters. The first kappa shape index (κ1) is 16.1. The van der Waals surface area contributed by atoms with Gasteiger partial charge in [0.05, 0.1) is 11.3 Å². The first-order valence-corrected chi connectivity index (χ1v) is 7.05. The van der Waals surface area contributed by atoms with E-state index in [1.165, 1.54) is 26.1 Å².